The molecule has 1 fully saturated rings. The molecule has 0 aromatic rings. The summed E-state index contributed by atoms with van der Waals surface area (Å²) in [6, 6.07) is -0.352. The van der Waals surface area contributed by atoms with E-state index in [0.717, 1.165) is 0 Å². The van der Waals surface area contributed by atoms with Crippen molar-refractivity contribution < 1.29 is 9.59 Å². The zero-order valence-electron chi connectivity index (χ0n) is 8.63. The molecular weight excluding hydrogens is 184 g/mol. The molecule has 0 aromatic carbocycles. The van der Waals surface area contributed by atoms with E-state index in [4.69, 9.17) is 0 Å². The Bertz CT molecular complexity index is 243. The number of urea groups is 2. The van der Waals surface area contributed by atoms with Crippen LogP contribution in [0.25, 0.3) is 0 Å². The van der Waals surface area contributed by atoms with Crippen molar-refractivity contribution in [1.29, 1.82) is 0 Å². The molecule has 6 nitrogen and oxygen atoms in total. The number of hydrogen-bond donors (Lipinski definition) is 3. The summed E-state index contributed by atoms with van der Waals surface area (Å²) in [4.78, 5) is 23.9. The molecule has 1 rings (SSSR count). The van der Waals surface area contributed by atoms with Crippen LogP contribution in [0.3, 0.4) is 0 Å². The fraction of sp³-hybridized carbons (Fsp3) is 0.750. The number of rotatable bonds is 1. The fourth-order valence-corrected chi connectivity index (χ4v) is 1.39. The zero-order valence-corrected chi connectivity index (χ0v) is 8.63. The van der Waals surface area contributed by atoms with Crippen LogP contribution in [0.2, 0.25) is 0 Å². The van der Waals surface area contributed by atoms with Gasteiger partial charge in [0.2, 0.25) is 0 Å². The minimum Gasteiger partial charge on any atom is -0.341 e. The Hall–Kier alpha value is -1.46. The van der Waals surface area contributed by atoms with E-state index in [-0.39, 0.29) is 24.3 Å². The molecule has 0 radical (unpaired) electrons. The summed E-state index contributed by atoms with van der Waals surface area (Å²) in [7, 11) is 3.20. The fourth-order valence-electron chi connectivity index (χ4n) is 1.39. The summed E-state index contributed by atoms with van der Waals surface area (Å²) in [6.45, 7) is 1.91. The van der Waals surface area contributed by atoms with Gasteiger partial charge in [-0.05, 0) is 6.92 Å². The van der Waals surface area contributed by atoms with Crippen LogP contribution in [0.4, 0.5) is 9.59 Å². The number of hydrogen-bond acceptors (Lipinski definition) is 2. The molecule has 4 amide bonds. The zero-order chi connectivity index (χ0) is 10.7. The normalized spacial score (nSPS) is 26.8. The Morgan fingerprint density at radius 3 is 2.86 bits per heavy atom. The second kappa shape index (κ2) is 4.17. The quantitative estimate of drug-likeness (QED) is 0.542. The van der Waals surface area contributed by atoms with Gasteiger partial charge in [0.05, 0.1) is 0 Å². The molecule has 6 heteroatoms. The van der Waals surface area contributed by atoms with Crippen LogP contribution in [0, 0.1) is 0 Å². The van der Waals surface area contributed by atoms with Gasteiger partial charge in [-0.15, -0.1) is 0 Å². The summed E-state index contributed by atoms with van der Waals surface area (Å²) >= 11 is 0. The third-order valence-electron chi connectivity index (χ3n) is 2.26. The van der Waals surface area contributed by atoms with Gasteiger partial charge in [0.25, 0.3) is 0 Å². The Balaban J connectivity index is 2.57. The van der Waals surface area contributed by atoms with E-state index >= 15 is 0 Å². The van der Waals surface area contributed by atoms with E-state index in [2.05, 4.69) is 16.0 Å². The first-order valence-electron chi connectivity index (χ1n) is 4.56. The van der Waals surface area contributed by atoms with Crippen molar-refractivity contribution in [3.63, 3.8) is 0 Å². The van der Waals surface area contributed by atoms with Crippen LogP contribution in [-0.4, -0.2) is 43.3 Å². The lowest BCUT2D eigenvalue weighted by molar-refractivity contribution is 0.145. The maximum atomic E-state index is 11.3. The maximum Gasteiger partial charge on any atom is 0.318 e. The topological polar surface area (TPSA) is 73.5 Å². The van der Waals surface area contributed by atoms with Gasteiger partial charge in [-0.1, -0.05) is 0 Å². The summed E-state index contributed by atoms with van der Waals surface area (Å²) < 4.78 is 0. The highest BCUT2D eigenvalue weighted by molar-refractivity contribution is 5.78. The number of carbonyl (C=O) groups is 2. The van der Waals surface area contributed by atoms with Crippen molar-refractivity contribution in [2.45, 2.75) is 25.6 Å². The van der Waals surface area contributed by atoms with Gasteiger partial charge >= 0.3 is 12.1 Å². The molecule has 1 saturated heterocycles. The maximum absolute atomic E-state index is 11.3. The van der Waals surface area contributed by atoms with Gasteiger partial charge in [0, 0.05) is 26.6 Å². The highest BCUT2D eigenvalue weighted by Crippen LogP contribution is 2.09. The molecule has 0 bridgehead atoms. The highest BCUT2D eigenvalue weighted by atomic mass is 16.2. The van der Waals surface area contributed by atoms with E-state index in [1.165, 1.54) is 4.90 Å². The van der Waals surface area contributed by atoms with Crippen LogP contribution in [0.15, 0.2) is 0 Å². The lowest BCUT2D eigenvalue weighted by Gasteiger charge is -2.36. The third kappa shape index (κ3) is 2.27. The number of nitrogens with zero attached hydrogens (tertiary/aromatic N) is 1. The van der Waals surface area contributed by atoms with E-state index < -0.39 is 0 Å². The molecule has 3 N–H and O–H groups in total. The predicted molar refractivity (Wildman–Crippen MR) is 51.8 cm³/mol. The molecule has 1 heterocycles. The van der Waals surface area contributed by atoms with Crippen molar-refractivity contribution in [3.8, 4) is 0 Å². The Labute approximate surface area is 83.0 Å². The molecule has 80 valence electrons. The predicted octanol–water partition coefficient (Wildman–Crippen LogP) is -0.325. The summed E-state index contributed by atoms with van der Waals surface area (Å²) in [5.41, 5.74) is 0. The first kappa shape index (κ1) is 10.6. The molecule has 0 saturated carbocycles. The van der Waals surface area contributed by atoms with E-state index in [1.54, 1.807) is 14.1 Å². The molecule has 0 aromatic heterocycles. The number of carbonyl (C=O) groups excluding carboxylic acids is 2. The standard InChI is InChI=1S/C8H16N4O2/c1-5-4-6(11-7(13)9-2)12(3)8(14)10-5/h5-6H,4H2,1-3H3,(H,10,14)(H2,9,11,13)/t5?,6-/m1/s1. The lowest BCUT2D eigenvalue weighted by Crippen LogP contribution is -2.60. The Morgan fingerprint density at radius 2 is 2.29 bits per heavy atom. The first-order valence-corrected chi connectivity index (χ1v) is 4.56. The second-order valence-corrected chi connectivity index (χ2v) is 3.44. The molecule has 1 aliphatic heterocycles. The average Bonchev–Trinajstić information content (AvgIpc) is 2.13. The van der Waals surface area contributed by atoms with Gasteiger partial charge in [0.1, 0.15) is 6.17 Å². The number of amides is 4. The van der Waals surface area contributed by atoms with Gasteiger partial charge < -0.3 is 20.9 Å². The minimum atomic E-state index is -0.274. The van der Waals surface area contributed by atoms with Gasteiger partial charge in [-0.3, -0.25) is 0 Å². The van der Waals surface area contributed by atoms with E-state index in [9.17, 15) is 9.59 Å². The van der Waals surface area contributed by atoms with Crippen molar-refractivity contribution in [3.05, 3.63) is 0 Å². The van der Waals surface area contributed by atoms with Crippen molar-refractivity contribution in [1.82, 2.24) is 20.9 Å². The smallest absolute Gasteiger partial charge is 0.318 e. The summed E-state index contributed by atoms with van der Waals surface area (Å²) in [6.07, 6.45) is 0.467. The molecular formula is C8H16N4O2. The summed E-state index contributed by atoms with van der Waals surface area (Å²) in [5, 5.41) is 7.91. The van der Waals surface area contributed by atoms with Crippen LogP contribution in [0.1, 0.15) is 13.3 Å². The highest BCUT2D eigenvalue weighted by Gasteiger charge is 2.29. The van der Waals surface area contributed by atoms with Gasteiger partial charge in [-0.25, -0.2) is 9.59 Å². The van der Waals surface area contributed by atoms with Crippen LogP contribution in [0.5, 0.6) is 0 Å². The van der Waals surface area contributed by atoms with Crippen LogP contribution >= 0.6 is 0 Å². The molecule has 0 aliphatic carbocycles. The number of nitrogens with one attached hydrogen (secondary N) is 3. The Morgan fingerprint density at radius 1 is 1.64 bits per heavy atom. The van der Waals surface area contributed by atoms with Crippen molar-refractivity contribution >= 4 is 12.1 Å². The lowest BCUT2D eigenvalue weighted by atomic mass is 10.1. The summed E-state index contributed by atoms with van der Waals surface area (Å²) in [5.74, 6) is 0. The van der Waals surface area contributed by atoms with Crippen LogP contribution in [-0.2, 0) is 0 Å². The van der Waals surface area contributed by atoms with Crippen molar-refractivity contribution in [2.75, 3.05) is 14.1 Å². The van der Waals surface area contributed by atoms with E-state index in [0.29, 0.717) is 6.42 Å². The van der Waals surface area contributed by atoms with Crippen molar-refractivity contribution in [2.24, 2.45) is 0 Å². The molecule has 1 unspecified atom stereocenters. The third-order valence-corrected chi connectivity index (χ3v) is 2.26. The second-order valence-electron chi connectivity index (χ2n) is 3.44. The Kier molecular flexibility index (Phi) is 3.16. The molecule has 2 atom stereocenters. The van der Waals surface area contributed by atoms with E-state index in [1.807, 2.05) is 6.92 Å². The van der Waals surface area contributed by atoms with Crippen LogP contribution < -0.4 is 16.0 Å². The minimum absolute atomic E-state index is 0.0841. The molecule has 0 spiro atoms. The monoisotopic (exact) mass is 200 g/mol. The largest absolute Gasteiger partial charge is 0.341 e. The SMILES string of the molecule is CNC(=O)N[C@H]1CC(C)NC(=O)N1C. The first-order chi connectivity index (χ1) is 6.54. The van der Waals surface area contributed by atoms with Gasteiger partial charge in [0.15, 0.2) is 0 Å². The molecule has 1 aliphatic rings. The molecule has 14 heavy (non-hydrogen) atoms. The average molecular weight is 200 g/mol. The van der Waals surface area contributed by atoms with Gasteiger partial charge in [-0.2, -0.15) is 0 Å².